The largest absolute Gasteiger partial charge is 0.322 e. The van der Waals surface area contributed by atoms with Crippen LogP contribution in [0.2, 0.25) is 0 Å². The summed E-state index contributed by atoms with van der Waals surface area (Å²) in [6.45, 7) is 4.12. The molecule has 3 N–H and O–H groups in total. The SMILES string of the molecule is Cc1ccc(C(=O)Nc2ccncc2C)c(C#CCN)c1. The predicted octanol–water partition coefficient (Wildman–Crippen LogP) is 2.26. The van der Waals surface area contributed by atoms with Crippen molar-refractivity contribution < 1.29 is 4.79 Å². The first-order valence-electron chi connectivity index (χ1n) is 6.63. The molecule has 0 radical (unpaired) electrons. The summed E-state index contributed by atoms with van der Waals surface area (Å²) in [7, 11) is 0. The summed E-state index contributed by atoms with van der Waals surface area (Å²) in [5, 5.41) is 2.88. The Labute approximate surface area is 124 Å². The van der Waals surface area contributed by atoms with Crippen LogP contribution >= 0.6 is 0 Å². The van der Waals surface area contributed by atoms with Crippen LogP contribution in [-0.4, -0.2) is 17.4 Å². The van der Waals surface area contributed by atoms with Crippen molar-refractivity contribution in [1.82, 2.24) is 4.98 Å². The van der Waals surface area contributed by atoms with Gasteiger partial charge in [0.2, 0.25) is 0 Å². The van der Waals surface area contributed by atoms with Crippen molar-refractivity contribution in [3.05, 3.63) is 58.9 Å². The molecular weight excluding hydrogens is 262 g/mol. The van der Waals surface area contributed by atoms with E-state index in [4.69, 9.17) is 5.73 Å². The van der Waals surface area contributed by atoms with Crippen molar-refractivity contribution in [2.75, 3.05) is 11.9 Å². The van der Waals surface area contributed by atoms with Crippen LogP contribution in [-0.2, 0) is 0 Å². The number of nitrogens with two attached hydrogens (primary N) is 1. The van der Waals surface area contributed by atoms with E-state index in [2.05, 4.69) is 22.1 Å². The zero-order valence-corrected chi connectivity index (χ0v) is 12.1. The number of pyridine rings is 1. The lowest BCUT2D eigenvalue weighted by Crippen LogP contribution is -2.14. The first-order chi connectivity index (χ1) is 10.1. The van der Waals surface area contributed by atoms with E-state index in [0.717, 1.165) is 16.8 Å². The number of amides is 1. The van der Waals surface area contributed by atoms with Gasteiger partial charge in [-0.2, -0.15) is 0 Å². The number of nitrogens with zero attached hydrogens (tertiary/aromatic N) is 1. The molecule has 0 bridgehead atoms. The van der Waals surface area contributed by atoms with Crippen LogP contribution in [0.4, 0.5) is 5.69 Å². The first-order valence-corrected chi connectivity index (χ1v) is 6.63. The zero-order valence-electron chi connectivity index (χ0n) is 12.1. The third-order valence-electron chi connectivity index (χ3n) is 3.01. The molecule has 1 aromatic heterocycles. The van der Waals surface area contributed by atoms with Gasteiger partial charge in [0.05, 0.1) is 12.1 Å². The number of benzene rings is 1. The molecule has 0 atom stereocenters. The van der Waals surface area contributed by atoms with Gasteiger partial charge in [0, 0.05) is 23.6 Å². The average Bonchev–Trinajstić information content (AvgIpc) is 2.47. The normalized spacial score (nSPS) is 9.67. The maximum absolute atomic E-state index is 12.4. The summed E-state index contributed by atoms with van der Waals surface area (Å²) in [6, 6.07) is 7.33. The van der Waals surface area contributed by atoms with Gasteiger partial charge in [-0.25, -0.2) is 0 Å². The summed E-state index contributed by atoms with van der Waals surface area (Å²) in [6.07, 6.45) is 3.35. The second kappa shape index (κ2) is 6.69. The number of aryl methyl sites for hydroxylation is 2. The molecule has 106 valence electrons. The van der Waals surface area contributed by atoms with Crippen molar-refractivity contribution >= 4 is 11.6 Å². The highest BCUT2D eigenvalue weighted by Gasteiger charge is 2.11. The van der Waals surface area contributed by atoms with Gasteiger partial charge in [-0.3, -0.25) is 9.78 Å². The standard InChI is InChI=1S/C17H17N3O/c1-12-5-6-15(14(10-12)4-3-8-18)17(21)20-16-7-9-19-11-13(16)2/h5-7,9-11H,8,18H2,1-2H3,(H,19,20,21). The van der Waals surface area contributed by atoms with E-state index in [1.54, 1.807) is 24.5 Å². The summed E-state index contributed by atoms with van der Waals surface area (Å²) in [5.74, 6) is 5.55. The quantitative estimate of drug-likeness (QED) is 0.829. The minimum absolute atomic E-state index is 0.189. The molecule has 0 unspecified atom stereocenters. The van der Waals surface area contributed by atoms with E-state index < -0.39 is 0 Å². The van der Waals surface area contributed by atoms with Gasteiger partial charge in [-0.15, -0.1) is 0 Å². The van der Waals surface area contributed by atoms with Gasteiger partial charge < -0.3 is 11.1 Å². The van der Waals surface area contributed by atoms with Crippen LogP contribution in [0.15, 0.2) is 36.7 Å². The molecule has 2 rings (SSSR count). The fourth-order valence-corrected chi connectivity index (χ4v) is 1.91. The van der Waals surface area contributed by atoms with E-state index in [9.17, 15) is 4.79 Å². The van der Waals surface area contributed by atoms with Crippen LogP contribution in [0.1, 0.15) is 27.0 Å². The Kier molecular flexibility index (Phi) is 4.70. The highest BCUT2D eigenvalue weighted by molar-refractivity contribution is 6.06. The van der Waals surface area contributed by atoms with Crippen molar-refractivity contribution in [2.45, 2.75) is 13.8 Å². The van der Waals surface area contributed by atoms with Gasteiger partial charge in [-0.1, -0.05) is 17.9 Å². The molecule has 0 aliphatic carbocycles. The van der Waals surface area contributed by atoms with Gasteiger partial charge in [0.1, 0.15) is 0 Å². The predicted molar refractivity (Wildman–Crippen MR) is 84.0 cm³/mol. The molecule has 0 saturated heterocycles. The average molecular weight is 279 g/mol. The minimum atomic E-state index is -0.189. The number of carbonyl (C=O) groups is 1. The van der Waals surface area contributed by atoms with Crippen molar-refractivity contribution in [2.24, 2.45) is 5.73 Å². The third-order valence-corrected chi connectivity index (χ3v) is 3.01. The number of aromatic nitrogens is 1. The number of carbonyl (C=O) groups excluding carboxylic acids is 1. The molecule has 1 heterocycles. The summed E-state index contributed by atoms with van der Waals surface area (Å²) in [4.78, 5) is 16.4. The van der Waals surface area contributed by atoms with Gasteiger partial charge in [0.15, 0.2) is 0 Å². The van der Waals surface area contributed by atoms with Crippen LogP contribution < -0.4 is 11.1 Å². The molecule has 0 spiro atoms. The van der Waals surface area contributed by atoms with E-state index in [1.165, 1.54) is 0 Å². The Bertz CT molecular complexity index is 726. The molecular formula is C17H17N3O. The summed E-state index contributed by atoms with van der Waals surface area (Å²) in [5.41, 5.74) is 9.33. The molecule has 1 amide bonds. The van der Waals surface area contributed by atoms with E-state index >= 15 is 0 Å². The summed E-state index contributed by atoms with van der Waals surface area (Å²) < 4.78 is 0. The zero-order chi connectivity index (χ0) is 15.2. The molecule has 0 saturated carbocycles. The van der Waals surface area contributed by atoms with Gasteiger partial charge in [0.25, 0.3) is 5.91 Å². The molecule has 0 fully saturated rings. The molecule has 0 aliphatic heterocycles. The highest BCUT2D eigenvalue weighted by Crippen LogP contribution is 2.16. The van der Waals surface area contributed by atoms with E-state index in [1.807, 2.05) is 26.0 Å². The van der Waals surface area contributed by atoms with Crippen LogP contribution in [0.25, 0.3) is 0 Å². The lowest BCUT2D eigenvalue weighted by atomic mass is 10.0. The minimum Gasteiger partial charge on any atom is -0.322 e. The number of anilines is 1. The number of nitrogens with one attached hydrogen (secondary N) is 1. The molecule has 2 aromatic rings. The number of hydrogen-bond acceptors (Lipinski definition) is 3. The maximum Gasteiger partial charge on any atom is 0.256 e. The monoisotopic (exact) mass is 279 g/mol. The van der Waals surface area contributed by atoms with Crippen molar-refractivity contribution in [3.8, 4) is 11.8 Å². The lowest BCUT2D eigenvalue weighted by molar-refractivity contribution is 0.102. The highest BCUT2D eigenvalue weighted by atomic mass is 16.1. The fourth-order valence-electron chi connectivity index (χ4n) is 1.91. The van der Waals surface area contributed by atoms with E-state index in [0.29, 0.717) is 11.1 Å². The molecule has 1 aromatic carbocycles. The first kappa shape index (κ1) is 14.8. The Morgan fingerprint density at radius 2 is 2.14 bits per heavy atom. The van der Waals surface area contributed by atoms with Crippen LogP contribution in [0, 0.1) is 25.7 Å². The summed E-state index contributed by atoms with van der Waals surface area (Å²) >= 11 is 0. The Balaban J connectivity index is 2.33. The van der Waals surface area contributed by atoms with Crippen molar-refractivity contribution in [3.63, 3.8) is 0 Å². The Hall–Kier alpha value is -2.64. The Morgan fingerprint density at radius 3 is 2.86 bits per heavy atom. The third kappa shape index (κ3) is 3.68. The second-order valence-electron chi connectivity index (χ2n) is 4.70. The van der Waals surface area contributed by atoms with Gasteiger partial charge in [-0.05, 0) is 43.2 Å². The topological polar surface area (TPSA) is 68.0 Å². The number of hydrogen-bond donors (Lipinski definition) is 2. The van der Waals surface area contributed by atoms with Crippen LogP contribution in [0.5, 0.6) is 0 Å². The molecule has 0 aliphatic rings. The molecule has 21 heavy (non-hydrogen) atoms. The van der Waals surface area contributed by atoms with Crippen LogP contribution in [0.3, 0.4) is 0 Å². The maximum atomic E-state index is 12.4. The lowest BCUT2D eigenvalue weighted by Gasteiger charge is -2.09. The van der Waals surface area contributed by atoms with Gasteiger partial charge >= 0.3 is 0 Å². The van der Waals surface area contributed by atoms with Crippen molar-refractivity contribution in [1.29, 1.82) is 0 Å². The second-order valence-corrected chi connectivity index (χ2v) is 4.70. The molecule has 4 nitrogen and oxygen atoms in total. The smallest absolute Gasteiger partial charge is 0.256 e. The Morgan fingerprint density at radius 1 is 1.33 bits per heavy atom. The fraction of sp³-hybridized carbons (Fsp3) is 0.176. The van der Waals surface area contributed by atoms with E-state index in [-0.39, 0.29) is 12.5 Å². The molecule has 4 heteroatoms. The number of rotatable bonds is 2.